The van der Waals surface area contributed by atoms with E-state index in [-0.39, 0.29) is 17.9 Å². The van der Waals surface area contributed by atoms with E-state index >= 15 is 0 Å². The van der Waals surface area contributed by atoms with Crippen molar-refractivity contribution in [3.63, 3.8) is 0 Å². The van der Waals surface area contributed by atoms with Crippen molar-refractivity contribution in [1.82, 2.24) is 0 Å². The van der Waals surface area contributed by atoms with Crippen molar-refractivity contribution in [3.05, 3.63) is 17.9 Å². The van der Waals surface area contributed by atoms with E-state index in [9.17, 15) is 18.3 Å². The highest BCUT2D eigenvalue weighted by Gasteiger charge is 2.22. The summed E-state index contributed by atoms with van der Waals surface area (Å²) in [5, 5.41) is 13.0. The highest BCUT2D eigenvalue weighted by molar-refractivity contribution is 5.68. The summed E-state index contributed by atoms with van der Waals surface area (Å²) >= 11 is 0. The second-order valence-electron chi connectivity index (χ2n) is 4.53. The molecule has 20 heavy (non-hydrogen) atoms. The van der Waals surface area contributed by atoms with Crippen LogP contribution >= 0.6 is 0 Å². The minimum atomic E-state index is -3.12. The molecule has 0 atom stereocenters. The molecular formula is C13H19F3N2O2. The van der Waals surface area contributed by atoms with Crippen molar-refractivity contribution < 1.29 is 23.0 Å². The van der Waals surface area contributed by atoms with Crippen LogP contribution in [0.3, 0.4) is 0 Å². The summed E-state index contributed by atoms with van der Waals surface area (Å²) < 4.78 is 41.7. The molecule has 0 bridgehead atoms. The number of aliphatic hydroxyl groups is 1. The highest BCUT2D eigenvalue weighted by atomic mass is 19.3. The third-order valence-corrected chi connectivity index (χ3v) is 3.24. The number of hydrogen-bond donors (Lipinski definition) is 3. The standard InChI is InChI=1S/C13H19F3N2O2/c1-3-13(19,4-2)7-18-10-6-11(20-12(15)16)8(14)5-9(10)17/h5-6,12,18-19H,3-4,7,17H2,1-2H3. The number of halogens is 3. The van der Waals surface area contributed by atoms with Gasteiger partial charge in [-0.1, -0.05) is 13.8 Å². The molecule has 0 aliphatic carbocycles. The third-order valence-electron chi connectivity index (χ3n) is 3.24. The Kier molecular flexibility index (Phi) is 5.50. The van der Waals surface area contributed by atoms with Crippen molar-refractivity contribution in [2.75, 3.05) is 17.6 Å². The predicted octanol–water partition coefficient (Wildman–Crippen LogP) is 2.97. The Morgan fingerprint density at radius 3 is 2.45 bits per heavy atom. The Morgan fingerprint density at radius 2 is 1.95 bits per heavy atom. The number of anilines is 2. The average Bonchev–Trinajstić information content (AvgIpc) is 2.39. The van der Waals surface area contributed by atoms with Gasteiger partial charge in [0.25, 0.3) is 0 Å². The Balaban J connectivity index is 2.89. The fourth-order valence-electron chi connectivity index (χ4n) is 1.67. The first-order valence-electron chi connectivity index (χ1n) is 6.31. The molecule has 0 aliphatic heterocycles. The zero-order valence-corrected chi connectivity index (χ0v) is 11.4. The quantitative estimate of drug-likeness (QED) is 0.676. The lowest BCUT2D eigenvalue weighted by atomic mass is 9.97. The van der Waals surface area contributed by atoms with Crippen LogP contribution in [-0.2, 0) is 0 Å². The van der Waals surface area contributed by atoms with E-state index in [0.717, 1.165) is 12.1 Å². The van der Waals surface area contributed by atoms with Gasteiger partial charge >= 0.3 is 6.61 Å². The van der Waals surface area contributed by atoms with E-state index in [4.69, 9.17) is 5.73 Å². The van der Waals surface area contributed by atoms with E-state index in [1.165, 1.54) is 0 Å². The van der Waals surface area contributed by atoms with Gasteiger partial charge in [0.15, 0.2) is 11.6 Å². The number of rotatable bonds is 7. The molecule has 0 radical (unpaired) electrons. The van der Waals surface area contributed by atoms with Gasteiger partial charge in [-0.15, -0.1) is 0 Å². The van der Waals surface area contributed by atoms with E-state index in [1.807, 2.05) is 13.8 Å². The van der Waals surface area contributed by atoms with Crippen LogP contribution in [0.4, 0.5) is 24.5 Å². The molecule has 0 spiro atoms. The topological polar surface area (TPSA) is 67.5 Å². The van der Waals surface area contributed by atoms with Gasteiger partial charge in [0.05, 0.1) is 17.0 Å². The Bertz CT molecular complexity index is 451. The van der Waals surface area contributed by atoms with Gasteiger partial charge in [0.1, 0.15) is 0 Å². The zero-order valence-electron chi connectivity index (χ0n) is 11.4. The average molecular weight is 292 g/mol. The van der Waals surface area contributed by atoms with Crippen molar-refractivity contribution in [1.29, 1.82) is 0 Å². The zero-order chi connectivity index (χ0) is 15.3. The van der Waals surface area contributed by atoms with E-state index < -0.39 is 23.8 Å². The van der Waals surface area contributed by atoms with Crippen molar-refractivity contribution in [2.24, 2.45) is 0 Å². The second kappa shape index (κ2) is 6.69. The number of alkyl halides is 2. The summed E-state index contributed by atoms with van der Waals surface area (Å²) in [5.41, 5.74) is 4.96. The Labute approximate surface area is 115 Å². The Hall–Kier alpha value is -1.63. The largest absolute Gasteiger partial charge is 0.432 e. The van der Waals surface area contributed by atoms with E-state index in [0.29, 0.717) is 12.8 Å². The summed E-state index contributed by atoms with van der Waals surface area (Å²) in [5.74, 6) is -1.55. The maximum absolute atomic E-state index is 13.4. The number of nitrogens with two attached hydrogens (primary N) is 1. The van der Waals surface area contributed by atoms with Crippen LogP contribution in [0.5, 0.6) is 5.75 Å². The predicted molar refractivity (Wildman–Crippen MR) is 71.5 cm³/mol. The molecule has 7 heteroatoms. The molecule has 4 N–H and O–H groups in total. The van der Waals surface area contributed by atoms with Gasteiger partial charge in [-0.05, 0) is 12.8 Å². The third kappa shape index (κ3) is 4.19. The summed E-state index contributed by atoms with van der Waals surface area (Å²) in [6.07, 6.45) is 1.02. The normalized spacial score (nSPS) is 11.8. The molecule has 0 saturated carbocycles. The SMILES string of the molecule is CCC(O)(CC)CNc1cc(OC(F)F)c(F)cc1N. The highest BCUT2D eigenvalue weighted by Crippen LogP contribution is 2.30. The first kappa shape index (κ1) is 16.4. The second-order valence-corrected chi connectivity index (χ2v) is 4.53. The van der Waals surface area contributed by atoms with Crippen LogP contribution in [-0.4, -0.2) is 23.9 Å². The van der Waals surface area contributed by atoms with E-state index in [1.54, 1.807) is 0 Å². The van der Waals surface area contributed by atoms with Gasteiger partial charge in [-0.3, -0.25) is 0 Å². The summed E-state index contributed by atoms with van der Waals surface area (Å²) in [6.45, 7) is 0.697. The molecule has 114 valence electrons. The van der Waals surface area contributed by atoms with Crippen molar-refractivity contribution >= 4 is 11.4 Å². The van der Waals surface area contributed by atoms with Crippen LogP contribution in [0, 0.1) is 5.82 Å². The smallest absolute Gasteiger partial charge is 0.387 e. The Morgan fingerprint density at radius 1 is 1.35 bits per heavy atom. The molecule has 1 aromatic rings. The lowest BCUT2D eigenvalue weighted by molar-refractivity contribution is -0.0521. The first-order valence-corrected chi connectivity index (χ1v) is 6.31. The number of benzene rings is 1. The van der Waals surface area contributed by atoms with Crippen LogP contribution in [0.2, 0.25) is 0 Å². The monoisotopic (exact) mass is 292 g/mol. The van der Waals surface area contributed by atoms with Gasteiger partial charge < -0.3 is 20.9 Å². The number of nitrogens with one attached hydrogen (secondary N) is 1. The maximum Gasteiger partial charge on any atom is 0.387 e. The molecule has 0 aliphatic rings. The molecule has 0 fully saturated rings. The molecule has 0 aromatic heterocycles. The molecule has 0 unspecified atom stereocenters. The summed E-state index contributed by atoms with van der Waals surface area (Å²) in [6, 6.07) is 1.96. The minimum absolute atomic E-state index is 0.0543. The fraction of sp³-hybridized carbons (Fsp3) is 0.538. The van der Waals surface area contributed by atoms with Crippen LogP contribution in [0.1, 0.15) is 26.7 Å². The minimum Gasteiger partial charge on any atom is -0.432 e. The first-order chi connectivity index (χ1) is 9.31. The lowest BCUT2D eigenvalue weighted by Crippen LogP contribution is -2.35. The van der Waals surface area contributed by atoms with Gasteiger partial charge in [-0.2, -0.15) is 8.78 Å². The number of hydrogen-bond acceptors (Lipinski definition) is 4. The van der Waals surface area contributed by atoms with E-state index in [2.05, 4.69) is 10.1 Å². The number of ether oxygens (including phenoxy) is 1. The molecule has 1 rings (SSSR count). The van der Waals surface area contributed by atoms with Crippen LogP contribution < -0.4 is 15.8 Å². The van der Waals surface area contributed by atoms with Gasteiger partial charge in [0.2, 0.25) is 0 Å². The fourth-order valence-corrected chi connectivity index (χ4v) is 1.67. The molecule has 4 nitrogen and oxygen atoms in total. The summed E-state index contributed by atoms with van der Waals surface area (Å²) in [4.78, 5) is 0. The summed E-state index contributed by atoms with van der Waals surface area (Å²) in [7, 11) is 0. The van der Waals surface area contributed by atoms with Gasteiger partial charge in [0, 0.05) is 18.7 Å². The van der Waals surface area contributed by atoms with Gasteiger partial charge in [-0.25, -0.2) is 4.39 Å². The van der Waals surface area contributed by atoms with Crippen LogP contribution in [0.15, 0.2) is 12.1 Å². The van der Waals surface area contributed by atoms with Crippen molar-refractivity contribution in [2.45, 2.75) is 38.9 Å². The molecule has 0 heterocycles. The molecule has 0 saturated heterocycles. The van der Waals surface area contributed by atoms with Crippen LogP contribution in [0.25, 0.3) is 0 Å². The van der Waals surface area contributed by atoms with Crippen molar-refractivity contribution in [3.8, 4) is 5.75 Å². The lowest BCUT2D eigenvalue weighted by Gasteiger charge is -2.26. The molecule has 1 aromatic carbocycles. The number of nitrogen functional groups attached to an aromatic ring is 1. The maximum atomic E-state index is 13.4. The molecular weight excluding hydrogens is 273 g/mol. The molecule has 0 amide bonds.